The fourth-order valence-electron chi connectivity index (χ4n) is 9.53. The number of fused-ring (bicyclic) bond motifs is 1. The predicted molar refractivity (Wildman–Crippen MR) is 286 cm³/mol. The van der Waals surface area contributed by atoms with Gasteiger partial charge in [-0.2, -0.15) is 0 Å². The molecular formula is C65H50N3OPt-. The van der Waals surface area contributed by atoms with Crippen LogP contribution in [0.1, 0.15) is 36.0 Å². The average Bonchev–Trinajstić information content (AvgIpc) is 3.80. The van der Waals surface area contributed by atoms with E-state index in [9.17, 15) is 5.11 Å². The molecule has 0 atom stereocenters. The fraction of sp³-hybridized carbons (Fsp3) is 0.0769. The summed E-state index contributed by atoms with van der Waals surface area (Å²) in [6, 6.07) is 76.7. The smallest absolute Gasteiger partial charge is 0.148 e. The van der Waals surface area contributed by atoms with E-state index in [2.05, 4.69) is 136 Å². The van der Waals surface area contributed by atoms with Crippen LogP contribution in [0.15, 0.2) is 225 Å². The van der Waals surface area contributed by atoms with E-state index in [1.54, 1.807) is 12.1 Å². The molecule has 0 fully saturated rings. The van der Waals surface area contributed by atoms with E-state index in [1.165, 1.54) is 0 Å². The molecule has 0 aliphatic heterocycles. The van der Waals surface area contributed by atoms with Crippen LogP contribution >= 0.6 is 0 Å². The molecule has 0 aliphatic carbocycles. The summed E-state index contributed by atoms with van der Waals surface area (Å²) in [5, 5.41) is 11.5. The normalized spacial score (nSPS) is 12.2. The number of aromatic hydroxyl groups is 1. The van der Waals surface area contributed by atoms with Gasteiger partial charge in [-0.25, -0.2) is 4.98 Å². The second kappa shape index (κ2) is 19.2. The first-order chi connectivity index (χ1) is 34.9. The molecule has 342 valence electrons. The molecule has 5 heteroatoms. The number of hydrogen-bond donors (Lipinski definition) is 1. The molecule has 0 saturated heterocycles. The molecule has 2 heterocycles. The van der Waals surface area contributed by atoms with Gasteiger partial charge in [-0.3, -0.25) is 9.55 Å². The molecule has 4 nitrogen and oxygen atoms in total. The van der Waals surface area contributed by atoms with Gasteiger partial charge in [0.2, 0.25) is 0 Å². The van der Waals surface area contributed by atoms with Crippen molar-refractivity contribution in [3.8, 4) is 101 Å². The molecule has 0 unspecified atom stereocenters. The summed E-state index contributed by atoms with van der Waals surface area (Å²) in [5.41, 5.74) is 16.6. The number of phenolic OH excluding ortho intramolecular Hbond substituents is 1. The summed E-state index contributed by atoms with van der Waals surface area (Å²) < 4.78 is 29.3. The van der Waals surface area contributed by atoms with Crippen molar-refractivity contribution in [2.45, 2.75) is 33.0 Å². The van der Waals surface area contributed by atoms with Crippen LogP contribution in [-0.2, 0) is 26.5 Å². The Morgan fingerprint density at radius 3 is 1.76 bits per heavy atom. The number of imidazole rings is 1. The zero-order chi connectivity index (χ0) is 49.6. The van der Waals surface area contributed by atoms with Crippen molar-refractivity contribution in [2.75, 3.05) is 0 Å². The first-order valence-corrected chi connectivity index (χ1v) is 23.3. The van der Waals surface area contributed by atoms with E-state index in [4.69, 9.17) is 14.1 Å². The van der Waals surface area contributed by atoms with Crippen molar-refractivity contribution >= 4 is 11.0 Å². The fourth-order valence-corrected chi connectivity index (χ4v) is 9.53. The maximum atomic E-state index is 11.5. The monoisotopic (exact) mass is 1090 g/mol. The quantitative estimate of drug-likeness (QED) is 0.147. The number of nitrogens with zero attached hydrogens (tertiary/aromatic N) is 3. The topological polar surface area (TPSA) is 50.9 Å². The summed E-state index contributed by atoms with van der Waals surface area (Å²) in [4.78, 5) is 10.3. The summed E-state index contributed by atoms with van der Waals surface area (Å²) >= 11 is 0. The molecule has 2 aromatic heterocycles. The van der Waals surface area contributed by atoms with E-state index >= 15 is 0 Å². The van der Waals surface area contributed by atoms with Gasteiger partial charge in [-0.15, -0.1) is 23.8 Å². The minimum atomic E-state index is -2.54. The van der Waals surface area contributed by atoms with Gasteiger partial charge in [0.15, 0.2) is 0 Å². The second-order valence-electron chi connectivity index (χ2n) is 18.5. The molecule has 9 aromatic carbocycles. The molecule has 0 radical (unpaired) electrons. The molecular weight excluding hydrogens is 1030 g/mol. The van der Waals surface area contributed by atoms with Crippen LogP contribution in [0.2, 0.25) is 0 Å². The molecule has 0 bridgehead atoms. The first-order valence-electron chi connectivity index (χ1n) is 24.8. The van der Waals surface area contributed by atoms with Crippen molar-refractivity contribution in [1.82, 2.24) is 14.5 Å². The van der Waals surface area contributed by atoms with Crippen molar-refractivity contribution < 1.29 is 30.3 Å². The third kappa shape index (κ3) is 8.84. The van der Waals surface area contributed by atoms with Crippen LogP contribution in [0.4, 0.5) is 0 Å². The molecule has 0 amide bonds. The molecule has 0 spiro atoms. The molecule has 11 rings (SSSR count). The van der Waals surface area contributed by atoms with Gasteiger partial charge in [0.05, 0.1) is 22.3 Å². The van der Waals surface area contributed by atoms with Crippen molar-refractivity contribution in [2.24, 2.45) is 0 Å². The number of pyridine rings is 1. The Balaban J connectivity index is 0.00000611. The van der Waals surface area contributed by atoms with Crippen molar-refractivity contribution in [1.29, 1.82) is 0 Å². The van der Waals surface area contributed by atoms with Crippen molar-refractivity contribution in [3.05, 3.63) is 242 Å². The van der Waals surface area contributed by atoms with Crippen molar-refractivity contribution in [3.63, 3.8) is 0 Å². The van der Waals surface area contributed by atoms with Crippen LogP contribution in [0, 0.1) is 12.9 Å². The Morgan fingerprint density at radius 1 is 0.500 bits per heavy atom. The van der Waals surface area contributed by atoms with Gasteiger partial charge < -0.3 is 5.11 Å². The standard InChI is InChI=1S/C65H50N3O.Pt/c1-43-38-50(62-54(48-22-12-7-13-23-48)25-16-27-57(62)65(2,3)4)34-35-59(43)68-60-28-17-26-55(63(60)67-64(68)56-24-14-15-29-61(56)69)52-39-51(45-20-10-6-11-21-45)40-53(41-52)58-42-49(36-37-66-58)47-32-30-46(31-33-47)44-18-8-5-9-19-44;/h5-40,42,69H,1-4H3;/q-1;/i1D3;. The molecule has 0 saturated carbocycles. The summed E-state index contributed by atoms with van der Waals surface area (Å²) in [5.74, 6) is 0.427. The summed E-state index contributed by atoms with van der Waals surface area (Å²) in [6.07, 6.45) is 1.84. The molecule has 11 aromatic rings. The van der Waals surface area contributed by atoms with Gasteiger partial charge in [0.25, 0.3) is 0 Å². The minimum Gasteiger partial charge on any atom is -0.507 e. The van der Waals surface area contributed by atoms with Crippen LogP contribution in [0.25, 0.3) is 106 Å². The maximum absolute atomic E-state index is 11.5. The van der Waals surface area contributed by atoms with E-state index in [1.807, 2.05) is 108 Å². The van der Waals surface area contributed by atoms with Gasteiger partial charge >= 0.3 is 0 Å². The SMILES string of the molecule is [2H]C([2H])([2H])c1cc(-c2c(-c3ccccc3)cccc2C(C)(C)C)ccc1-n1c(-c2ccccc2O)nc2c(-c3[c-]c(-c4cc(-c5ccc(-c6ccccc6)cc5)ccn4)cc(-c4ccccc4)c3)cccc21.[Pt]. The Hall–Kier alpha value is -7.91. The van der Waals surface area contributed by atoms with E-state index in [-0.39, 0.29) is 37.8 Å². The average molecular weight is 1090 g/mol. The van der Waals surface area contributed by atoms with Gasteiger partial charge in [-0.05, 0) is 110 Å². The summed E-state index contributed by atoms with van der Waals surface area (Å²) in [7, 11) is 0. The Bertz CT molecular complexity index is 3770. The number of hydrogen-bond acceptors (Lipinski definition) is 3. The third-order valence-corrected chi connectivity index (χ3v) is 12.9. The molecule has 0 aliphatic rings. The number of rotatable bonds is 9. The summed E-state index contributed by atoms with van der Waals surface area (Å²) in [6.45, 7) is 4.01. The number of aryl methyl sites for hydroxylation is 1. The van der Waals surface area contributed by atoms with Gasteiger partial charge in [0.1, 0.15) is 11.6 Å². The Kier molecular flexibility index (Phi) is 11.6. The minimum absolute atomic E-state index is 0. The number of benzene rings is 9. The van der Waals surface area contributed by atoms with E-state index in [0.717, 1.165) is 83.6 Å². The van der Waals surface area contributed by atoms with Crippen LogP contribution in [0.3, 0.4) is 0 Å². The van der Waals surface area contributed by atoms with Crippen LogP contribution in [0.5, 0.6) is 5.75 Å². The zero-order valence-electron chi connectivity index (χ0n) is 42.0. The Morgan fingerprint density at radius 2 is 1.07 bits per heavy atom. The van der Waals surface area contributed by atoms with Gasteiger partial charge in [0, 0.05) is 37.1 Å². The third-order valence-electron chi connectivity index (χ3n) is 12.9. The maximum Gasteiger partial charge on any atom is 0.148 e. The molecule has 1 N–H and O–H groups in total. The predicted octanol–water partition coefficient (Wildman–Crippen LogP) is 16.9. The zero-order valence-corrected chi connectivity index (χ0v) is 41.2. The Labute approximate surface area is 429 Å². The van der Waals surface area contributed by atoms with E-state index < -0.39 is 6.85 Å². The number of aromatic nitrogens is 3. The molecule has 70 heavy (non-hydrogen) atoms. The second-order valence-corrected chi connectivity index (χ2v) is 18.5. The van der Waals surface area contributed by atoms with Crippen LogP contribution in [-0.4, -0.2) is 19.6 Å². The van der Waals surface area contributed by atoms with E-state index in [0.29, 0.717) is 28.1 Å². The van der Waals surface area contributed by atoms with Crippen LogP contribution < -0.4 is 0 Å². The number of para-hydroxylation sites is 2. The number of phenols is 1. The van der Waals surface area contributed by atoms with Gasteiger partial charge in [-0.1, -0.05) is 207 Å². The first kappa shape index (κ1) is 42.2. The largest absolute Gasteiger partial charge is 0.507 e.